The van der Waals surface area contributed by atoms with Crippen LogP contribution in [0.1, 0.15) is 425 Å². The van der Waals surface area contributed by atoms with E-state index in [1.54, 1.807) is 0 Å². The van der Waals surface area contributed by atoms with Gasteiger partial charge in [-0.3, -0.25) is 9.59 Å². The largest absolute Gasteiger partial charge is 0.466 e. The molecule has 0 rings (SSSR count). The molecule has 6 heteroatoms. The van der Waals surface area contributed by atoms with Gasteiger partial charge in [-0.05, 0) is 57.8 Å². The van der Waals surface area contributed by atoms with Gasteiger partial charge in [0.15, 0.2) is 0 Å². The fourth-order valence-corrected chi connectivity index (χ4v) is 12.0. The van der Waals surface area contributed by atoms with Crippen LogP contribution in [0.25, 0.3) is 0 Å². The normalized spacial score (nSPS) is 12.6. The van der Waals surface area contributed by atoms with E-state index in [0.29, 0.717) is 25.9 Å². The van der Waals surface area contributed by atoms with Gasteiger partial charge in [-0.15, -0.1) is 0 Å². The van der Waals surface area contributed by atoms with Crippen molar-refractivity contribution in [3.8, 4) is 0 Å². The van der Waals surface area contributed by atoms with Gasteiger partial charge in [0.2, 0.25) is 5.91 Å². The Hall–Kier alpha value is -1.66. The molecule has 0 saturated carbocycles. The lowest BCUT2D eigenvalue weighted by Crippen LogP contribution is -2.45. The molecule has 0 radical (unpaired) electrons. The van der Waals surface area contributed by atoms with E-state index in [-0.39, 0.29) is 18.5 Å². The first-order valence-corrected chi connectivity index (χ1v) is 37.6. The molecule has 0 heterocycles. The second-order valence-corrected chi connectivity index (χ2v) is 26.0. The molecule has 0 aromatic rings. The summed E-state index contributed by atoms with van der Waals surface area (Å²) >= 11 is 0. The van der Waals surface area contributed by atoms with Gasteiger partial charge in [-0.25, -0.2) is 0 Å². The minimum Gasteiger partial charge on any atom is -0.466 e. The van der Waals surface area contributed by atoms with Crippen molar-refractivity contribution in [3.05, 3.63) is 24.3 Å². The molecule has 2 unspecified atom stereocenters. The number of carbonyl (C=O) groups excluding carboxylic acids is 2. The summed E-state index contributed by atoms with van der Waals surface area (Å²) in [5.74, 6) is -0.0220. The third-order valence-electron chi connectivity index (χ3n) is 17.8. The predicted octanol–water partition coefficient (Wildman–Crippen LogP) is 24.5. The van der Waals surface area contributed by atoms with E-state index in [1.807, 2.05) is 0 Å². The van der Waals surface area contributed by atoms with Gasteiger partial charge in [0, 0.05) is 12.8 Å². The van der Waals surface area contributed by atoms with E-state index in [4.69, 9.17) is 4.74 Å². The number of amides is 1. The van der Waals surface area contributed by atoms with Crippen molar-refractivity contribution in [2.45, 2.75) is 437 Å². The van der Waals surface area contributed by atoms with E-state index >= 15 is 0 Å². The molecule has 0 fully saturated rings. The maximum absolute atomic E-state index is 12.6. The Labute approximate surface area is 513 Å². The minimum absolute atomic E-state index is 0.0141. The van der Waals surface area contributed by atoms with Crippen molar-refractivity contribution in [1.29, 1.82) is 0 Å². The Balaban J connectivity index is 3.41. The van der Waals surface area contributed by atoms with Crippen LogP contribution in [-0.4, -0.2) is 47.4 Å². The number of allylic oxidation sites excluding steroid dienone is 4. The monoisotopic (exact) mass is 1150 g/mol. The maximum atomic E-state index is 12.6. The number of hydrogen-bond donors (Lipinski definition) is 3. The molecule has 3 N–H and O–H groups in total. The number of ether oxygens (including phenoxy) is 1. The van der Waals surface area contributed by atoms with Crippen LogP contribution in [0.2, 0.25) is 0 Å². The van der Waals surface area contributed by atoms with Crippen molar-refractivity contribution in [1.82, 2.24) is 5.32 Å². The fraction of sp³-hybridized carbons (Fsp3) is 0.921. The number of esters is 1. The first kappa shape index (κ1) is 80.3. The van der Waals surface area contributed by atoms with E-state index in [1.165, 1.54) is 347 Å². The molecular formula is C76H147NO5. The van der Waals surface area contributed by atoms with Crippen LogP contribution in [0.3, 0.4) is 0 Å². The van der Waals surface area contributed by atoms with Crippen LogP contribution < -0.4 is 5.32 Å². The highest BCUT2D eigenvalue weighted by Crippen LogP contribution is 2.19. The molecule has 486 valence electrons. The molecule has 2 atom stereocenters. The third kappa shape index (κ3) is 67.5. The Morgan fingerprint density at radius 1 is 0.341 bits per heavy atom. The summed E-state index contributed by atoms with van der Waals surface area (Å²) in [6, 6.07) is -0.548. The van der Waals surface area contributed by atoms with E-state index < -0.39 is 12.1 Å². The molecule has 0 spiro atoms. The van der Waals surface area contributed by atoms with Gasteiger partial charge in [-0.1, -0.05) is 378 Å². The molecule has 0 bridgehead atoms. The number of rotatable bonds is 71. The Bertz CT molecular complexity index is 1280. The second kappa shape index (κ2) is 71.8. The first-order valence-electron chi connectivity index (χ1n) is 37.6. The average Bonchev–Trinajstić information content (AvgIpc) is 3.48. The molecule has 0 aromatic heterocycles. The minimum atomic E-state index is -0.670. The number of aliphatic hydroxyl groups is 2. The number of unbranched alkanes of at least 4 members (excludes halogenated alkanes) is 56. The van der Waals surface area contributed by atoms with Crippen LogP contribution in [-0.2, 0) is 14.3 Å². The quantitative estimate of drug-likeness (QED) is 0.0320. The Kier molecular flexibility index (Phi) is 70.4. The van der Waals surface area contributed by atoms with Crippen LogP contribution in [0, 0.1) is 0 Å². The molecule has 0 aromatic carbocycles. The Morgan fingerprint density at radius 3 is 0.927 bits per heavy atom. The van der Waals surface area contributed by atoms with Crippen molar-refractivity contribution in [2.24, 2.45) is 0 Å². The van der Waals surface area contributed by atoms with E-state index in [2.05, 4.69) is 43.5 Å². The van der Waals surface area contributed by atoms with Gasteiger partial charge in [0.1, 0.15) is 0 Å². The topological polar surface area (TPSA) is 95.9 Å². The predicted molar refractivity (Wildman–Crippen MR) is 361 cm³/mol. The van der Waals surface area contributed by atoms with E-state index in [9.17, 15) is 19.8 Å². The molecule has 1 amide bonds. The molecular weight excluding hydrogens is 1010 g/mol. The molecule has 6 nitrogen and oxygen atoms in total. The molecule has 82 heavy (non-hydrogen) atoms. The molecule has 0 aliphatic carbocycles. The van der Waals surface area contributed by atoms with Gasteiger partial charge < -0.3 is 20.3 Å². The highest BCUT2D eigenvalue weighted by molar-refractivity contribution is 5.76. The highest BCUT2D eigenvalue weighted by Gasteiger charge is 2.20. The highest BCUT2D eigenvalue weighted by atomic mass is 16.5. The molecule has 0 aliphatic rings. The van der Waals surface area contributed by atoms with Crippen LogP contribution in [0.15, 0.2) is 24.3 Å². The summed E-state index contributed by atoms with van der Waals surface area (Å²) in [6.07, 6.45) is 91.0. The second-order valence-electron chi connectivity index (χ2n) is 26.0. The lowest BCUT2D eigenvalue weighted by molar-refractivity contribution is -0.143. The summed E-state index contributed by atoms with van der Waals surface area (Å²) in [5.41, 5.74) is 0. The molecule has 0 aliphatic heterocycles. The zero-order valence-corrected chi connectivity index (χ0v) is 55.8. The molecule has 0 saturated heterocycles. The van der Waals surface area contributed by atoms with Crippen molar-refractivity contribution < 1.29 is 24.5 Å². The van der Waals surface area contributed by atoms with Gasteiger partial charge in [-0.2, -0.15) is 0 Å². The van der Waals surface area contributed by atoms with E-state index in [0.717, 1.165) is 44.9 Å². The Morgan fingerprint density at radius 2 is 0.610 bits per heavy atom. The summed E-state index contributed by atoms with van der Waals surface area (Å²) in [6.45, 7) is 5.00. The lowest BCUT2D eigenvalue weighted by atomic mass is 10.0. The van der Waals surface area contributed by atoms with Crippen molar-refractivity contribution in [2.75, 3.05) is 13.2 Å². The third-order valence-corrected chi connectivity index (χ3v) is 17.8. The summed E-state index contributed by atoms with van der Waals surface area (Å²) in [7, 11) is 0. The standard InChI is InChI=1S/C76H147NO5/c1-3-5-7-9-11-13-15-17-19-21-22-23-27-30-33-37-40-44-48-52-56-60-64-68-74(79)73(72-78)77-75(80)69-65-61-57-53-49-45-41-38-34-31-28-25-24-26-29-32-35-39-43-47-51-55-59-63-67-71-82-76(81)70-66-62-58-54-50-46-42-36-20-18-16-14-12-10-8-6-4-2/h25-26,28-29,73-74,78-79H,3-24,27,30-72H2,1-2H3,(H,77,80)/b28-25-,29-26-. The smallest absolute Gasteiger partial charge is 0.305 e. The van der Waals surface area contributed by atoms with Crippen molar-refractivity contribution >= 4 is 11.9 Å². The number of aliphatic hydroxyl groups excluding tert-OH is 2. The van der Waals surface area contributed by atoms with Gasteiger partial charge in [0.25, 0.3) is 0 Å². The summed E-state index contributed by atoms with van der Waals surface area (Å²) in [5, 5.41) is 23.4. The fourth-order valence-electron chi connectivity index (χ4n) is 12.0. The summed E-state index contributed by atoms with van der Waals surface area (Å²) < 4.78 is 5.50. The zero-order valence-electron chi connectivity index (χ0n) is 55.8. The number of nitrogens with one attached hydrogen (secondary N) is 1. The zero-order chi connectivity index (χ0) is 59.2. The number of carbonyl (C=O) groups is 2. The van der Waals surface area contributed by atoms with Crippen LogP contribution >= 0.6 is 0 Å². The van der Waals surface area contributed by atoms with Gasteiger partial charge >= 0.3 is 5.97 Å². The first-order chi connectivity index (χ1) is 40.5. The number of hydrogen-bond acceptors (Lipinski definition) is 5. The maximum Gasteiger partial charge on any atom is 0.305 e. The lowest BCUT2D eigenvalue weighted by Gasteiger charge is -2.22. The van der Waals surface area contributed by atoms with Crippen LogP contribution in [0.4, 0.5) is 0 Å². The average molecular weight is 1160 g/mol. The van der Waals surface area contributed by atoms with Crippen molar-refractivity contribution in [3.63, 3.8) is 0 Å². The SMILES string of the molecule is CCCCCCCCCCCCCCCCCCCCCCCCCC(O)C(CO)NC(=O)CCCCCCCCCCC/C=C\C/C=C\CCCCCCCCCCCOC(=O)CCCCCCCCCCCCCCCCCCC. The summed E-state index contributed by atoms with van der Waals surface area (Å²) in [4.78, 5) is 24.7. The van der Waals surface area contributed by atoms with Gasteiger partial charge in [0.05, 0.1) is 25.4 Å². The van der Waals surface area contributed by atoms with Crippen LogP contribution in [0.5, 0.6) is 0 Å².